The van der Waals surface area contributed by atoms with Crippen molar-refractivity contribution in [3.8, 4) is 0 Å². The quantitative estimate of drug-likeness (QED) is 0.611. The van der Waals surface area contributed by atoms with E-state index in [2.05, 4.69) is 11.8 Å². The van der Waals surface area contributed by atoms with Gasteiger partial charge in [-0.2, -0.15) is 0 Å². The minimum absolute atomic E-state index is 0.428. The molecule has 2 heterocycles. The molecule has 0 saturated carbocycles. The van der Waals surface area contributed by atoms with E-state index in [1.807, 2.05) is 0 Å². The van der Waals surface area contributed by atoms with Crippen LogP contribution < -0.4 is 5.73 Å². The van der Waals surface area contributed by atoms with Gasteiger partial charge in [-0.15, -0.1) is 0 Å². The van der Waals surface area contributed by atoms with Gasteiger partial charge in [0, 0.05) is 18.6 Å². The summed E-state index contributed by atoms with van der Waals surface area (Å²) in [6, 6.07) is 1.77. The minimum Gasteiger partial charge on any atom is -0.378 e. The highest BCUT2D eigenvalue weighted by molar-refractivity contribution is 4.87. The molecule has 2 aliphatic heterocycles. The summed E-state index contributed by atoms with van der Waals surface area (Å²) in [4.78, 5) is 2.55. The van der Waals surface area contributed by atoms with E-state index in [0.717, 1.165) is 32.6 Å². The van der Waals surface area contributed by atoms with Crippen molar-refractivity contribution in [1.82, 2.24) is 4.90 Å². The number of ether oxygens (including phenoxy) is 1. The fourth-order valence-electron chi connectivity index (χ4n) is 2.18. The van der Waals surface area contributed by atoms with E-state index in [0.29, 0.717) is 18.1 Å². The van der Waals surface area contributed by atoms with E-state index in [4.69, 9.17) is 10.5 Å². The van der Waals surface area contributed by atoms with Gasteiger partial charge in [0.05, 0.1) is 19.3 Å². The fraction of sp³-hybridized carbons (Fsp3) is 1.00. The van der Waals surface area contributed by atoms with Crippen LogP contribution in [-0.4, -0.2) is 42.8 Å². The summed E-state index contributed by atoms with van der Waals surface area (Å²) in [5.74, 6) is 0. The zero-order valence-electron chi connectivity index (χ0n) is 7.70. The second-order valence-electron chi connectivity index (χ2n) is 4.06. The molecule has 0 aliphatic carbocycles. The predicted molar refractivity (Wildman–Crippen MR) is 48.0 cm³/mol. The topological polar surface area (TPSA) is 38.5 Å². The summed E-state index contributed by atoms with van der Waals surface area (Å²) in [5, 5.41) is 0. The maximum Gasteiger partial charge on any atom is 0.0645 e. The standard InChI is InChI=1S/C9H18N2O/c1-7-4-8(10)2-3-11(7)9-5-12-6-9/h7-9H,2-6,10H2,1H3. The number of likely N-dealkylation sites (tertiary alicyclic amines) is 1. The van der Waals surface area contributed by atoms with Crippen molar-refractivity contribution in [2.24, 2.45) is 5.73 Å². The lowest BCUT2D eigenvalue weighted by Gasteiger charge is -2.44. The van der Waals surface area contributed by atoms with E-state index in [9.17, 15) is 0 Å². The lowest BCUT2D eigenvalue weighted by molar-refractivity contribution is -0.0859. The summed E-state index contributed by atoms with van der Waals surface area (Å²) in [7, 11) is 0. The zero-order valence-corrected chi connectivity index (χ0v) is 7.70. The fourth-order valence-corrected chi connectivity index (χ4v) is 2.18. The number of nitrogens with two attached hydrogens (primary N) is 1. The highest BCUT2D eigenvalue weighted by atomic mass is 16.5. The third-order valence-corrected chi connectivity index (χ3v) is 3.06. The molecule has 2 unspecified atom stereocenters. The van der Waals surface area contributed by atoms with Gasteiger partial charge in [0.15, 0.2) is 0 Å². The maximum atomic E-state index is 5.89. The molecule has 0 radical (unpaired) electrons. The van der Waals surface area contributed by atoms with Crippen LogP contribution in [0.2, 0.25) is 0 Å². The summed E-state index contributed by atoms with van der Waals surface area (Å²) in [6.45, 7) is 5.30. The molecule has 2 aliphatic rings. The summed E-state index contributed by atoms with van der Waals surface area (Å²) >= 11 is 0. The van der Waals surface area contributed by atoms with Crippen LogP contribution in [0.15, 0.2) is 0 Å². The smallest absolute Gasteiger partial charge is 0.0645 e. The second-order valence-corrected chi connectivity index (χ2v) is 4.06. The Kier molecular flexibility index (Phi) is 2.35. The van der Waals surface area contributed by atoms with Crippen molar-refractivity contribution < 1.29 is 4.74 Å². The Bertz CT molecular complexity index is 159. The average Bonchev–Trinajstić information content (AvgIpc) is 1.91. The molecule has 0 aromatic carbocycles. The molecule has 3 nitrogen and oxygen atoms in total. The van der Waals surface area contributed by atoms with E-state index in [1.54, 1.807) is 0 Å². The molecular weight excluding hydrogens is 152 g/mol. The van der Waals surface area contributed by atoms with Crippen molar-refractivity contribution >= 4 is 0 Å². The molecule has 0 spiro atoms. The summed E-state index contributed by atoms with van der Waals surface area (Å²) < 4.78 is 5.19. The van der Waals surface area contributed by atoms with Crippen molar-refractivity contribution in [2.45, 2.75) is 37.9 Å². The Morgan fingerprint density at radius 3 is 2.67 bits per heavy atom. The molecule has 0 bridgehead atoms. The SMILES string of the molecule is CC1CC(N)CCN1C1COC1. The van der Waals surface area contributed by atoms with Crippen LogP contribution in [0.25, 0.3) is 0 Å². The molecule has 2 fully saturated rings. The summed E-state index contributed by atoms with van der Waals surface area (Å²) in [5.41, 5.74) is 5.89. The van der Waals surface area contributed by atoms with Gasteiger partial charge in [-0.05, 0) is 19.8 Å². The first-order valence-electron chi connectivity index (χ1n) is 4.86. The number of piperidine rings is 1. The molecule has 2 rings (SSSR count). The van der Waals surface area contributed by atoms with Crippen LogP contribution in [0, 0.1) is 0 Å². The van der Waals surface area contributed by atoms with Gasteiger partial charge in [0.25, 0.3) is 0 Å². The van der Waals surface area contributed by atoms with Gasteiger partial charge in [-0.3, -0.25) is 4.90 Å². The van der Waals surface area contributed by atoms with Crippen molar-refractivity contribution in [1.29, 1.82) is 0 Å². The molecular formula is C9H18N2O. The van der Waals surface area contributed by atoms with Gasteiger partial charge >= 0.3 is 0 Å². The molecule has 0 aromatic heterocycles. The third-order valence-electron chi connectivity index (χ3n) is 3.06. The van der Waals surface area contributed by atoms with Crippen molar-refractivity contribution in [3.63, 3.8) is 0 Å². The van der Waals surface area contributed by atoms with E-state index in [1.165, 1.54) is 0 Å². The number of rotatable bonds is 1. The van der Waals surface area contributed by atoms with E-state index in [-0.39, 0.29) is 0 Å². The van der Waals surface area contributed by atoms with Crippen LogP contribution in [0.3, 0.4) is 0 Å². The van der Waals surface area contributed by atoms with Gasteiger partial charge in [0.1, 0.15) is 0 Å². The lowest BCUT2D eigenvalue weighted by Crippen LogP contribution is -2.57. The maximum absolute atomic E-state index is 5.89. The van der Waals surface area contributed by atoms with Gasteiger partial charge in [-0.25, -0.2) is 0 Å². The molecule has 3 heteroatoms. The second kappa shape index (κ2) is 3.32. The minimum atomic E-state index is 0.428. The van der Waals surface area contributed by atoms with Crippen LogP contribution in [-0.2, 0) is 4.74 Å². The largest absolute Gasteiger partial charge is 0.378 e. The van der Waals surface area contributed by atoms with Gasteiger partial charge < -0.3 is 10.5 Å². The first-order chi connectivity index (χ1) is 5.77. The number of hydrogen-bond acceptors (Lipinski definition) is 3. The average molecular weight is 170 g/mol. The molecule has 2 atom stereocenters. The number of hydrogen-bond donors (Lipinski definition) is 1. The first-order valence-corrected chi connectivity index (χ1v) is 4.86. The highest BCUT2D eigenvalue weighted by Crippen LogP contribution is 2.21. The Morgan fingerprint density at radius 2 is 2.17 bits per heavy atom. The normalized spacial score (nSPS) is 39.5. The van der Waals surface area contributed by atoms with Gasteiger partial charge in [-0.1, -0.05) is 0 Å². The third kappa shape index (κ3) is 1.49. The molecule has 12 heavy (non-hydrogen) atoms. The first kappa shape index (κ1) is 8.48. The van der Waals surface area contributed by atoms with Crippen LogP contribution in [0.1, 0.15) is 19.8 Å². The van der Waals surface area contributed by atoms with Crippen molar-refractivity contribution in [2.75, 3.05) is 19.8 Å². The Labute approximate surface area is 73.9 Å². The van der Waals surface area contributed by atoms with Crippen LogP contribution in [0.4, 0.5) is 0 Å². The van der Waals surface area contributed by atoms with E-state index >= 15 is 0 Å². The summed E-state index contributed by atoms with van der Waals surface area (Å²) in [6.07, 6.45) is 2.30. The Balaban J connectivity index is 1.88. The highest BCUT2D eigenvalue weighted by Gasteiger charge is 2.32. The molecule has 2 N–H and O–H groups in total. The molecule has 2 saturated heterocycles. The monoisotopic (exact) mass is 170 g/mol. The van der Waals surface area contributed by atoms with E-state index < -0.39 is 0 Å². The predicted octanol–water partition coefficient (Wildman–Crippen LogP) is 0.197. The Morgan fingerprint density at radius 1 is 1.42 bits per heavy atom. The molecule has 0 amide bonds. The molecule has 0 aromatic rings. The van der Waals surface area contributed by atoms with Crippen LogP contribution in [0.5, 0.6) is 0 Å². The van der Waals surface area contributed by atoms with Crippen molar-refractivity contribution in [3.05, 3.63) is 0 Å². The number of nitrogens with zero attached hydrogens (tertiary/aromatic N) is 1. The Hall–Kier alpha value is -0.120. The van der Waals surface area contributed by atoms with Gasteiger partial charge in [0.2, 0.25) is 0 Å². The molecule has 70 valence electrons. The lowest BCUT2D eigenvalue weighted by atomic mass is 9.97. The van der Waals surface area contributed by atoms with Crippen LogP contribution >= 0.6 is 0 Å². The zero-order chi connectivity index (χ0) is 8.55.